The van der Waals surface area contributed by atoms with Crippen LogP contribution < -0.4 is 5.32 Å². The molecule has 0 saturated heterocycles. The Morgan fingerprint density at radius 2 is 1.77 bits per heavy atom. The molecule has 138 valence electrons. The first-order chi connectivity index (χ1) is 12.4. The molecule has 0 heterocycles. The molecular weight excluding hydrogens is 356 g/mol. The number of amides is 2. The van der Waals surface area contributed by atoms with Crippen LogP contribution in [-0.2, 0) is 11.3 Å². The van der Waals surface area contributed by atoms with E-state index in [1.165, 1.54) is 12.1 Å². The van der Waals surface area contributed by atoms with Gasteiger partial charge in [-0.3, -0.25) is 0 Å². The lowest BCUT2D eigenvalue weighted by molar-refractivity contribution is 0.0697. The lowest BCUT2D eigenvalue weighted by Crippen LogP contribution is -2.40. The van der Waals surface area contributed by atoms with Crippen LogP contribution in [0.5, 0.6) is 0 Å². The Balaban J connectivity index is 2.01. The van der Waals surface area contributed by atoms with Crippen LogP contribution in [0.2, 0.25) is 5.02 Å². The van der Waals surface area contributed by atoms with E-state index in [2.05, 4.69) is 5.32 Å². The Morgan fingerprint density at radius 3 is 2.31 bits per heavy atom. The Kier molecular flexibility index (Phi) is 7.00. The molecule has 2 amide bonds. The van der Waals surface area contributed by atoms with Crippen molar-refractivity contribution < 1.29 is 19.4 Å². The van der Waals surface area contributed by atoms with Crippen LogP contribution in [0.15, 0.2) is 48.5 Å². The summed E-state index contributed by atoms with van der Waals surface area (Å²) in [6.45, 7) is 0.641. The summed E-state index contributed by atoms with van der Waals surface area (Å²) in [6.07, 6.45) is 0. The van der Waals surface area contributed by atoms with Gasteiger partial charge >= 0.3 is 12.0 Å². The fraction of sp³-hybridized carbons (Fsp3) is 0.263. The zero-order valence-electron chi connectivity index (χ0n) is 14.6. The fourth-order valence-electron chi connectivity index (χ4n) is 2.48. The molecule has 0 saturated carbocycles. The second-order valence-corrected chi connectivity index (χ2v) is 6.23. The van der Waals surface area contributed by atoms with Crippen LogP contribution in [0.25, 0.3) is 0 Å². The van der Waals surface area contributed by atoms with E-state index in [9.17, 15) is 9.59 Å². The van der Waals surface area contributed by atoms with Gasteiger partial charge in [0.2, 0.25) is 0 Å². The molecule has 1 atom stereocenters. The first-order valence-electron chi connectivity index (χ1n) is 7.99. The van der Waals surface area contributed by atoms with E-state index in [4.69, 9.17) is 21.4 Å². The molecule has 2 N–H and O–H groups in total. The smallest absolute Gasteiger partial charge is 0.335 e. The molecule has 26 heavy (non-hydrogen) atoms. The molecule has 0 radical (unpaired) electrons. The van der Waals surface area contributed by atoms with Crippen LogP contribution >= 0.6 is 11.6 Å². The summed E-state index contributed by atoms with van der Waals surface area (Å²) in [5, 5.41) is 12.4. The minimum absolute atomic E-state index is 0.208. The molecule has 0 spiro atoms. The van der Waals surface area contributed by atoms with E-state index in [-0.39, 0.29) is 17.6 Å². The van der Waals surface area contributed by atoms with E-state index < -0.39 is 5.97 Å². The standard InChI is InChI=1S/C19H21ClN2O4/c1-22(17(12-26-2)14-7-9-16(20)10-8-14)19(25)21-11-13-3-5-15(6-4-13)18(23)24/h3-10,17H,11-12H2,1-2H3,(H,21,25)(H,23,24). The monoisotopic (exact) mass is 376 g/mol. The Bertz CT molecular complexity index is 747. The number of carboxylic acid groups (broad SMARTS) is 1. The molecule has 0 fully saturated rings. The van der Waals surface area contributed by atoms with Crippen molar-refractivity contribution in [1.29, 1.82) is 0 Å². The van der Waals surface area contributed by atoms with Crippen LogP contribution in [0, 0.1) is 0 Å². The molecule has 2 aromatic rings. The van der Waals surface area contributed by atoms with Crippen LogP contribution in [0.4, 0.5) is 4.79 Å². The van der Waals surface area contributed by atoms with Gasteiger partial charge < -0.3 is 20.1 Å². The number of nitrogens with one attached hydrogen (secondary N) is 1. The summed E-state index contributed by atoms with van der Waals surface area (Å²) < 4.78 is 5.25. The number of aromatic carboxylic acids is 1. The van der Waals surface area contributed by atoms with Gasteiger partial charge in [0, 0.05) is 25.7 Å². The number of likely N-dealkylation sites (N-methyl/N-ethyl adjacent to an activating group) is 1. The number of nitrogens with zero attached hydrogens (tertiary/aromatic N) is 1. The average Bonchev–Trinajstić information content (AvgIpc) is 2.64. The van der Waals surface area contributed by atoms with Gasteiger partial charge in [0.25, 0.3) is 0 Å². The van der Waals surface area contributed by atoms with Gasteiger partial charge in [0.1, 0.15) is 0 Å². The number of hydrogen-bond donors (Lipinski definition) is 2. The lowest BCUT2D eigenvalue weighted by atomic mass is 10.1. The maximum absolute atomic E-state index is 12.5. The minimum Gasteiger partial charge on any atom is -0.478 e. The van der Waals surface area contributed by atoms with Crippen LogP contribution in [0.3, 0.4) is 0 Å². The van der Waals surface area contributed by atoms with Crippen LogP contribution in [0.1, 0.15) is 27.5 Å². The molecule has 0 aliphatic rings. The molecule has 2 rings (SSSR count). The van der Waals surface area contributed by atoms with Crippen molar-refractivity contribution in [3.63, 3.8) is 0 Å². The van der Waals surface area contributed by atoms with Crippen LogP contribution in [-0.4, -0.2) is 42.8 Å². The second kappa shape index (κ2) is 9.22. The predicted molar refractivity (Wildman–Crippen MR) is 99.5 cm³/mol. The molecule has 0 bridgehead atoms. The first-order valence-corrected chi connectivity index (χ1v) is 8.37. The SMILES string of the molecule is COCC(c1ccc(Cl)cc1)N(C)C(=O)NCc1ccc(C(=O)O)cc1. The number of carbonyl (C=O) groups excluding carboxylic acids is 1. The molecule has 0 aliphatic carbocycles. The van der Waals surface area contributed by atoms with Gasteiger partial charge in [-0.25, -0.2) is 9.59 Å². The van der Waals surface area contributed by atoms with Crippen molar-refractivity contribution in [2.45, 2.75) is 12.6 Å². The quantitative estimate of drug-likeness (QED) is 0.774. The third-order valence-electron chi connectivity index (χ3n) is 4.01. The maximum Gasteiger partial charge on any atom is 0.335 e. The predicted octanol–water partition coefficient (Wildman–Crippen LogP) is 3.57. The van der Waals surface area contributed by atoms with Gasteiger partial charge in [0.05, 0.1) is 18.2 Å². The lowest BCUT2D eigenvalue weighted by Gasteiger charge is -2.28. The third kappa shape index (κ3) is 5.21. The van der Waals surface area contributed by atoms with E-state index in [1.54, 1.807) is 43.3 Å². The second-order valence-electron chi connectivity index (χ2n) is 5.79. The van der Waals surface area contributed by atoms with Gasteiger partial charge in [-0.2, -0.15) is 0 Å². The van der Waals surface area contributed by atoms with Crippen molar-refractivity contribution in [3.8, 4) is 0 Å². The van der Waals surface area contributed by atoms with E-state index in [0.717, 1.165) is 11.1 Å². The average molecular weight is 377 g/mol. The normalized spacial score (nSPS) is 11.7. The highest BCUT2D eigenvalue weighted by molar-refractivity contribution is 6.30. The summed E-state index contributed by atoms with van der Waals surface area (Å²) in [5.74, 6) is -0.981. The highest BCUT2D eigenvalue weighted by Crippen LogP contribution is 2.22. The summed E-state index contributed by atoms with van der Waals surface area (Å²) in [6, 6.07) is 13.1. The number of carboxylic acids is 1. The number of hydrogen-bond acceptors (Lipinski definition) is 3. The fourth-order valence-corrected chi connectivity index (χ4v) is 2.61. The van der Waals surface area contributed by atoms with Crippen molar-refractivity contribution in [3.05, 3.63) is 70.2 Å². The van der Waals surface area contributed by atoms with Crippen molar-refractivity contribution in [2.24, 2.45) is 0 Å². The number of benzene rings is 2. The Morgan fingerprint density at radius 1 is 1.15 bits per heavy atom. The number of urea groups is 1. The number of halogens is 1. The number of carbonyl (C=O) groups is 2. The highest BCUT2D eigenvalue weighted by atomic mass is 35.5. The maximum atomic E-state index is 12.5. The van der Waals surface area contributed by atoms with Gasteiger partial charge in [-0.15, -0.1) is 0 Å². The number of ether oxygens (including phenoxy) is 1. The largest absolute Gasteiger partial charge is 0.478 e. The van der Waals surface area contributed by atoms with Gasteiger partial charge in [-0.1, -0.05) is 35.9 Å². The molecule has 0 aromatic heterocycles. The van der Waals surface area contributed by atoms with E-state index in [0.29, 0.717) is 18.2 Å². The molecule has 1 unspecified atom stereocenters. The first kappa shape index (κ1) is 19.8. The summed E-state index contributed by atoms with van der Waals surface area (Å²) in [7, 11) is 3.28. The summed E-state index contributed by atoms with van der Waals surface area (Å²) in [5.41, 5.74) is 1.94. The zero-order valence-corrected chi connectivity index (χ0v) is 15.4. The molecular formula is C19H21ClN2O4. The van der Waals surface area contributed by atoms with E-state index in [1.807, 2.05) is 12.1 Å². The summed E-state index contributed by atoms with van der Waals surface area (Å²) >= 11 is 5.92. The van der Waals surface area contributed by atoms with Gasteiger partial charge in [-0.05, 0) is 35.4 Å². The topological polar surface area (TPSA) is 78.9 Å². The Hall–Kier alpha value is -2.57. The highest BCUT2D eigenvalue weighted by Gasteiger charge is 2.21. The molecule has 0 aliphatic heterocycles. The molecule has 2 aromatic carbocycles. The summed E-state index contributed by atoms with van der Waals surface area (Å²) in [4.78, 5) is 24.9. The minimum atomic E-state index is -0.981. The molecule has 6 nitrogen and oxygen atoms in total. The number of rotatable bonds is 7. The Labute approximate surface area is 157 Å². The van der Waals surface area contributed by atoms with Gasteiger partial charge in [0.15, 0.2) is 0 Å². The van der Waals surface area contributed by atoms with Crippen molar-refractivity contribution in [1.82, 2.24) is 10.2 Å². The molecule has 7 heteroatoms. The third-order valence-corrected chi connectivity index (χ3v) is 4.26. The zero-order chi connectivity index (χ0) is 19.1. The van der Waals surface area contributed by atoms with E-state index >= 15 is 0 Å². The van der Waals surface area contributed by atoms with Crippen molar-refractivity contribution in [2.75, 3.05) is 20.8 Å². The number of methoxy groups -OCH3 is 1. The van der Waals surface area contributed by atoms with Crippen molar-refractivity contribution >= 4 is 23.6 Å².